The molecule has 2 aliphatic heterocycles. The molecule has 1 aromatic carbocycles. The van der Waals surface area contributed by atoms with E-state index in [2.05, 4.69) is 31.2 Å². The number of hydrogen-bond acceptors (Lipinski definition) is 7. The number of carbonyl (C=O) groups excluding carboxylic acids is 3. The van der Waals surface area contributed by atoms with Gasteiger partial charge in [0.05, 0.1) is 36.0 Å². The van der Waals surface area contributed by atoms with Crippen LogP contribution in [0.3, 0.4) is 0 Å². The second-order valence-corrected chi connectivity index (χ2v) is 11.8. The van der Waals surface area contributed by atoms with Gasteiger partial charge in [0.25, 0.3) is 0 Å². The molecular weight excluding hydrogens is 546 g/mol. The summed E-state index contributed by atoms with van der Waals surface area (Å²) in [4.78, 5) is 47.8. The molecule has 4 bridgehead atoms. The van der Waals surface area contributed by atoms with Crippen LogP contribution in [0.2, 0.25) is 0 Å². The highest BCUT2D eigenvalue weighted by atomic mass is 16.2. The van der Waals surface area contributed by atoms with Crippen LogP contribution in [0.25, 0.3) is 5.52 Å². The number of nitrogens with zero attached hydrogens (tertiary/aromatic N) is 6. The Morgan fingerprint density at radius 3 is 2.56 bits per heavy atom. The molecule has 12 heteroatoms. The topological polar surface area (TPSA) is 139 Å². The molecule has 1 saturated heterocycles. The van der Waals surface area contributed by atoms with E-state index in [1.54, 1.807) is 4.68 Å². The number of nitrogens with one attached hydrogen (secondary N) is 3. The molecule has 0 spiro atoms. The number of amides is 3. The smallest absolute Gasteiger partial charge is 0.243 e. The number of carbonyl (C=O) groups is 3. The summed E-state index contributed by atoms with van der Waals surface area (Å²) in [5.74, 6) is -0.291. The number of likely N-dealkylation sites (tertiary alicyclic amines) is 1. The minimum atomic E-state index is -0.835. The Hall–Kier alpha value is -4.58. The summed E-state index contributed by atoms with van der Waals surface area (Å²) >= 11 is 0. The van der Waals surface area contributed by atoms with Gasteiger partial charge >= 0.3 is 0 Å². The monoisotopic (exact) mass is 583 g/mol. The Morgan fingerprint density at radius 1 is 0.977 bits per heavy atom. The molecule has 0 aliphatic carbocycles. The van der Waals surface area contributed by atoms with Crippen molar-refractivity contribution in [2.45, 2.75) is 70.9 Å². The maximum atomic E-state index is 14.0. The van der Waals surface area contributed by atoms with Gasteiger partial charge in [-0.2, -0.15) is 0 Å². The van der Waals surface area contributed by atoms with Crippen molar-refractivity contribution in [3.05, 3.63) is 83.7 Å². The van der Waals surface area contributed by atoms with Crippen LogP contribution in [-0.2, 0) is 33.9 Å². The first kappa shape index (κ1) is 28.5. The fourth-order valence-corrected chi connectivity index (χ4v) is 6.07. The quantitative estimate of drug-likeness (QED) is 0.324. The molecule has 2 aliphatic rings. The molecule has 3 amide bonds. The lowest BCUT2D eigenvalue weighted by molar-refractivity contribution is -0.134. The van der Waals surface area contributed by atoms with E-state index in [1.165, 1.54) is 0 Å². The molecule has 43 heavy (non-hydrogen) atoms. The zero-order valence-corrected chi connectivity index (χ0v) is 24.6. The van der Waals surface area contributed by atoms with E-state index < -0.39 is 24.0 Å². The van der Waals surface area contributed by atoms with E-state index in [1.807, 2.05) is 86.1 Å². The summed E-state index contributed by atoms with van der Waals surface area (Å²) in [5.41, 5.74) is 3.39. The zero-order valence-electron chi connectivity index (χ0n) is 24.6. The van der Waals surface area contributed by atoms with Gasteiger partial charge in [0.2, 0.25) is 17.7 Å². The van der Waals surface area contributed by atoms with E-state index in [-0.39, 0.29) is 30.3 Å². The Labute approximate surface area is 249 Å². The van der Waals surface area contributed by atoms with Crippen LogP contribution < -0.4 is 16.0 Å². The molecule has 3 aromatic heterocycles. The molecular formula is C31H37N9O3. The Kier molecular flexibility index (Phi) is 7.94. The van der Waals surface area contributed by atoms with Gasteiger partial charge in [0.1, 0.15) is 23.6 Å². The second-order valence-electron chi connectivity index (χ2n) is 11.8. The van der Waals surface area contributed by atoms with Crippen LogP contribution in [0.1, 0.15) is 49.1 Å². The Morgan fingerprint density at radius 2 is 1.77 bits per heavy atom. The van der Waals surface area contributed by atoms with Crippen molar-refractivity contribution < 1.29 is 14.4 Å². The fourth-order valence-electron chi connectivity index (χ4n) is 6.07. The molecule has 6 rings (SSSR count). The molecule has 0 unspecified atom stereocenters. The first-order valence-electron chi connectivity index (χ1n) is 14.8. The van der Waals surface area contributed by atoms with Crippen LogP contribution in [0.15, 0.2) is 60.9 Å². The highest BCUT2D eigenvalue weighted by Gasteiger charge is 2.41. The first-order chi connectivity index (χ1) is 20.8. The average molecular weight is 584 g/mol. The van der Waals surface area contributed by atoms with Crippen LogP contribution in [0.4, 0.5) is 0 Å². The number of rotatable bonds is 5. The normalized spacial score (nSPS) is 23.5. The lowest BCUT2D eigenvalue weighted by atomic mass is 10.00. The minimum Gasteiger partial charge on any atom is -0.349 e. The first-order valence-corrected chi connectivity index (χ1v) is 14.8. The van der Waals surface area contributed by atoms with Gasteiger partial charge in [-0.15, -0.1) is 5.10 Å². The third-order valence-corrected chi connectivity index (χ3v) is 8.38. The largest absolute Gasteiger partial charge is 0.349 e. The second kappa shape index (κ2) is 12.0. The predicted octanol–water partition coefficient (Wildman–Crippen LogP) is 1.55. The molecule has 0 radical (unpaired) electrons. The van der Waals surface area contributed by atoms with Gasteiger partial charge in [-0.1, -0.05) is 55.5 Å². The van der Waals surface area contributed by atoms with Crippen molar-refractivity contribution in [2.75, 3.05) is 6.54 Å². The third-order valence-electron chi connectivity index (χ3n) is 8.38. The number of aromatic nitrogens is 5. The SMILES string of the molecule is Cc1nc(CN2C[C@@H]3C[C@H]2C(=O)N[C@@H](C(C)C)C(=O)N[C@H](Cc2ccccc2)C(=O)NCc2cn3nn2)c2ccccn12. The van der Waals surface area contributed by atoms with E-state index in [0.717, 1.165) is 22.6 Å². The average Bonchev–Trinajstić information content (AvgIpc) is 3.72. The molecule has 1 fully saturated rings. The minimum absolute atomic E-state index is 0.120. The molecule has 0 saturated carbocycles. The van der Waals surface area contributed by atoms with Crippen LogP contribution >= 0.6 is 0 Å². The van der Waals surface area contributed by atoms with Crippen molar-refractivity contribution in [3.8, 4) is 0 Å². The Bertz CT molecular complexity index is 1630. The number of imidazole rings is 1. The van der Waals surface area contributed by atoms with Gasteiger partial charge in [-0.25, -0.2) is 9.67 Å². The van der Waals surface area contributed by atoms with Gasteiger partial charge in [-0.05, 0) is 37.0 Å². The van der Waals surface area contributed by atoms with Crippen molar-refractivity contribution >= 4 is 23.2 Å². The predicted molar refractivity (Wildman–Crippen MR) is 158 cm³/mol. The number of benzene rings is 1. The maximum Gasteiger partial charge on any atom is 0.243 e. The van der Waals surface area contributed by atoms with E-state index >= 15 is 0 Å². The van der Waals surface area contributed by atoms with Crippen LogP contribution in [-0.4, -0.2) is 71.7 Å². The van der Waals surface area contributed by atoms with Crippen molar-refractivity contribution in [3.63, 3.8) is 0 Å². The summed E-state index contributed by atoms with van der Waals surface area (Å²) in [6.07, 6.45) is 4.60. The zero-order chi connectivity index (χ0) is 30.1. The van der Waals surface area contributed by atoms with Crippen molar-refractivity contribution in [1.82, 2.24) is 45.2 Å². The lowest BCUT2D eigenvalue weighted by Gasteiger charge is -2.28. The number of pyridine rings is 1. The van der Waals surface area contributed by atoms with Crippen molar-refractivity contribution in [2.24, 2.45) is 5.92 Å². The summed E-state index contributed by atoms with van der Waals surface area (Å²) in [7, 11) is 0. The van der Waals surface area contributed by atoms with Gasteiger partial charge in [0.15, 0.2) is 0 Å². The molecule has 5 heterocycles. The fraction of sp³-hybridized carbons (Fsp3) is 0.419. The highest BCUT2D eigenvalue weighted by molar-refractivity contribution is 5.93. The van der Waals surface area contributed by atoms with E-state index in [4.69, 9.17) is 4.98 Å². The van der Waals surface area contributed by atoms with E-state index in [9.17, 15) is 14.4 Å². The van der Waals surface area contributed by atoms with Crippen LogP contribution in [0, 0.1) is 12.8 Å². The molecule has 4 atom stereocenters. The molecule has 4 aromatic rings. The van der Waals surface area contributed by atoms with Crippen molar-refractivity contribution in [1.29, 1.82) is 0 Å². The van der Waals surface area contributed by atoms with Gasteiger partial charge in [-0.3, -0.25) is 19.3 Å². The highest BCUT2D eigenvalue weighted by Crippen LogP contribution is 2.30. The number of aryl methyl sites for hydroxylation is 1. The molecule has 3 N–H and O–H groups in total. The summed E-state index contributed by atoms with van der Waals surface area (Å²) in [6.45, 7) is 6.92. The van der Waals surface area contributed by atoms with Gasteiger partial charge < -0.3 is 20.4 Å². The summed E-state index contributed by atoms with van der Waals surface area (Å²) in [6, 6.07) is 13.2. The van der Waals surface area contributed by atoms with Crippen LogP contribution in [0.5, 0.6) is 0 Å². The maximum absolute atomic E-state index is 14.0. The molecule has 12 nitrogen and oxygen atoms in total. The third kappa shape index (κ3) is 6.00. The number of hydrogen-bond donors (Lipinski definition) is 3. The standard InChI is InChI=1S/C31H37N9O3/c1-19(2)28-31(43)34-24(13-21-9-5-4-6-10-21)29(41)32-15-22-16-40(37-36-22)23-14-27(30(42)35-28)38(17-23)18-25-26-11-7-8-12-39(26)20(3)33-25/h4-12,16,19,23-24,27-28H,13-15,17-18H2,1-3H3,(H,32,41)(H,34,43)(H,35,42)/t23-,24+,27-,28-/m0/s1. The van der Waals surface area contributed by atoms with Gasteiger partial charge in [0, 0.05) is 25.7 Å². The Balaban J connectivity index is 1.31. The summed E-state index contributed by atoms with van der Waals surface area (Å²) < 4.78 is 3.82. The lowest BCUT2D eigenvalue weighted by Crippen LogP contribution is -2.57. The van der Waals surface area contributed by atoms with E-state index in [0.29, 0.717) is 31.6 Å². The summed E-state index contributed by atoms with van der Waals surface area (Å²) in [5, 5.41) is 17.5. The number of fused-ring (bicyclic) bond motifs is 6. The molecule has 224 valence electrons.